The Morgan fingerprint density at radius 3 is 2.52 bits per heavy atom. The molecule has 0 aliphatic carbocycles. The first kappa shape index (κ1) is 17.5. The summed E-state index contributed by atoms with van der Waals surface area (Å²) in [5.41, 5.74) is 4.71. The number of ketones is 1. The van der Waals surface area contributed by atoms with Gasteiger partial charge in [0.05, 0.1) is 18.2 Å². The van der Waals surface area contributed by atoms with E-state index in [0.29, 0.717) is 0 Å². The third-order valence-electron chi connectivity index (χ3n) is 5.40. The highest BCUT2D eigenvalue weighted by Gasteiger charge is 2.26. The number of benzene rings is 2. The number of aromatic nitrogens is 1. The lowest BCUT2D eigenvalue weighted by atomic mass is 9.98. The van der Waals surface area contributed by atoms with Gasteiger partial charge in [0.25, 0.3) is 0 Å². The van der Waals surface area contributed by atoms with Crippen LogP contribution < -0.4 is 14.6 Å². The Bertz CT molecular complexity index is 974. The van der Waals surface area contributed by atoms with Crippen LogP contribution in [-0.2, 0) is 6.42 Å². The van der Waals surface area contributed by atoms with E-state index in [0.717, 1.165) is 65.8 Å². The number of H-pyrrole nitrogens is 1. The van der Waals surface area contributed by atoms with Gasteiger partial charge in [0.1, 0.15) is 11.3 Å². The Hall–Kier alpha value is -2.88. The summed E-state index contributed by atoms with van der Waals surface area (Å²) in [6.07, 6.45) is 5.14. The van der Waals surface area contributed by atoms with Crippen LogP contribution in [0.2, 0.25) is 0 Å². The first-order chi connectivity index (χ1) is 13.2. The predicted octanol–water partition coefficient (Wildman–Crippen LogP) is 4.06. The monoisotopic (exact) mass is 361 g/mol. The second kappa shape index (κ2) is 7.39. The minimum absolute atomic E-state index is 0.0560. The Morgan fingerprint density at radius 1 is 1.11 bits per heavy atom. The van der Waals surface area contributed by atoms with Gasteiger partial charge in [-0.15, -0.1) is 0 Å². The van der Waals surface area contributed by atoms with Crippen molar-refractivity contribution in [3.8, 4) is 5.75 Å². The summed E-state index contributed by atoms with van der Waals surface area (Å²) in [6, 6.07) is 13.9. The number of carbonyl (C=O) groups is 1. The summed E-state index contributed by atoms with van der Waals surface area (Å²) >= 11 is 0. The average Bonchev–Trinajstić information content (AvgIpc) is 3.26. The summed E-state index contributed by atoms with van der Waals surface area (Å²) in [6.45, 7) is 4.07. The van der Waals surface area contributed by atoms with Crippen molar-refractivity contribution in [2.75, 3.05) is 25.1 Å². The lowest BCUT2D eigenvalue weighted by Crippen LogP contribution is -2.24. The lowest BCUT2D eigenvalue weighted by molar-refractivity contribution is -0.344. The van der Waals surface area contributed by atoms with E-state index in [4.69, 9.17) is 4.74 Å². The van der Waals surface area contributed by atoms with Gasteiger partial charge in [-0.3, -0.25) is 4.79 Å². The zero-order valence-electron chi connectivity index (χ0n) is 15.9. The number of rotatable bonds is 5. The highest BCUT2D eigenvalue weighted by molar-refractivity contribution is 6.15. The molecule has 2 aromatic carbocycles. The molecule has 1 saturated heterocycles. The van der Waals surface area contributed by atoms with Crippen molar-refractivity contribution in [3.63, 3.8) is 0 Å². The fourth-order valence-corrected chi connectivity index (χ4v) is 3.84. The molecule has 0 spiro atoms. The Kier molecular flexibility index (Phi) is 4.80. The van der Waals surface area contributed by atoms with Crippen LogP contribution in [0.25, 0.3) is 10.9 Å². The smallest absolute Gasteiger partial charge is 0.213 e. The summed E-state index contributed by atoms with van der Waals surface area (Å²) in [4.78, 5) is 19.0. The van der Waals surface area contributed by atoms with Gasteiger partial charge in [0, 0.05) is 24.7 Å². The molecule has 4 heteroatoms. The third-order valence-corrected chi connectivity index (χ3v) is 5.40. The van der Waals surface area contributed by atoms with E-state index in [1.807, 2.05) is 48.7 Å². The molecule has 1 N–H and O–H groups in total. The number of pyridine rings is 1. The van der Waals surface area contributed by atoms with Gasteiger partial charge < -0.3 is 9.64 Å². The Balaban J connectivity index is 1.87. The minimum Gasteiger partial charge on any atom is -0.497 e. The molecule has 3 aromatic rings. The van der Waals surface area contributed by atoms with Crippen molar-refractivity contribution in [3.05, 3.63) is 65.4 Å². The number of aryl methyl sites for hydroxylation is 1. The second-order valence-electron chi connectivity index (χ2n) is 7.04. The normalized spacial score (nSPS) is 13.9. The highest BCUT2D eigenvalue weighted by atomic mass is 16.5. The molecule has 1 aliphatic heterocycles. The molecule has 2 heterocycles. The van der Waals surface area contributed by atoms with Gasteiger partial charge in [0.2, 0.25) is 11.3 Å². The molecule has 4 rings (SSSR count). The number of aromatic amines is 1. The Morgan fingerprint density at radius 2 is 1.85 bits per heavy atom. The average molecular weight is 361 g/mol. The van der Waals surface area contributed by atoms with Crippen molar-refractivity contribution in [2.24, 2.45) is 0 Å². The zero-order chi connectivity index (χ0) is 18.8. The van der Waals surface area contributed by atoms with Crippen LogP contribution in [0.5, 0.6) is 5.75 Å². The van der Waals surface area contributed by atoms with Crippen LogP contribution in [0.4, 0.5) is 5.69 Å². The minimum atomic E-state index is 0.0560. The maximum Gasteiger partial charge on any atom is 0.213 e. The van der Waals surface area contributed by atoms with Gasteiger partial charge in [-0.2, -0.15) is 0 Å². The molecule has 1 aliphatic rings. The van der Waals surface area contributed by atoms with Gasteiger partial charge in [0.15, 0.2) is 6.20 Å². The number of nitrogens with one attached hydrogen (secondary N) is 1. The van der Waals surface area contributed by atoms with E-state index in [9.17, 15) is 4.79 Å². The highest BCUT2D eigenvalue weighted by Crippen LogP contribution is 2.34. The summed E-state index contributed by atoms with van der Waals surface area (Å²) in [7, 11) is 1.67. The van der Waals surface area contributed by atoms with E-state index >= 15 is 0 Å². The number of fused-ring (bicyclic) bond motifs is 1. The van der Waals surface area contributed by atoms with Crippen molar-refractivity contribution in [1.82, 2.24) is 0 Å². The first-order valence-corrected chi connectivity index (χ1v) is 9.62. The number of methoxy groups -OCH3 is 1. The molecule has 0 unspecified atom stereocenters. The molecule has 0 atom stereocenters. The molecule has 1 fully saturated rings. The molecule has 0 saturated carbocycles. The van der Waals surface area contributed by atoms with Crippen molar-refractivity contribution in [2.45, 2.75) is 26.2 Å². The number of nitrogens with zero attached hydrogens (tertiary/aromatic N) is 1. The maximum absolute atomic E-state index is 13.3. The maximum atomic E-state index is 13.3. The molecule has 0 bridgehead atoms. The zero-order valence-corrected chi connectivity index (χ0v) is 15.9. The van der Waals surface area contributed by atoms with Crippen LogP contribution in [0.3, 0.4) is 0 Å². The summed E-state index contributed by atoms with van der Waals surface area (Å²) < 4.78 is 5.43. The summed E-state index contributed by atoms with van der Waals surface area (Å²) in [5, 5.41) is 1.03. The number of ether oxygens (including phenoxy) is 1. The van der Waals surface area contributed by atoms with Crippen LogP contribution in [0.15, 0.2) is 48.7 Å². The number of hydrogen-bond acceptors (Lipinski definition) is 3. The van der Waals surface area contributed by atoms with Crippen LogP contribution >= 0.6 is 0 Å². The number of carbonyl (C=O) groups excluding carboxylic acids is 1. The largest absolute Gasteiger partial charge is 0.497 e. The SMILES string of the molecule is CCc1ccc(C(=O)c2c[nH+]c3ccc(OC)cc3c2N2CCCC2)cc1. The summed E-state index contributed by atoms with van der Waals surface area (Å²) in [5.74, 6) is 0.855. The quantitative estimate of drug-likeness (QED) is 0.644. The lowest BCUT2D eigenvalue weighted by Gasteiger charge is -2.21. The first-order valence-electron chi connectivity index (χ1n) is 9.62. The topological polar surface area (TPSA) is 43.7 Å². The van der Waals surface area contributed by atoms with Crippen LogP contribution in [0, 0.1) is 0 Å². The van der Waals surface area contributed by atoms with Crippen molar-refractivity contribution < 1.29 is 14.5 Å². The number of hydrogen-bond donors (Lipinski definition) is 0. The molecule has 27 heavy (non-hydrogen) atoms. The van der Waals surface area contributed by atoms with Crippen LogP contribution in [0.1, 0.15) is 41.3 Å². The van der Waals surface area contributed by atoms with Crippen LogP contribution in [-0.4, -0.2) is 26.0 Å². The molecule has 0 amide bonds. The van der Waals surface area contributed by atoms with Gasteiger partial charge >= 0.3 is 0 Å². The molecule has 4 nitrogen and oxygen atoms in total. The Labute approximate surface area is 159 Å². The van der Waals surface area contributed by atoms with Gasteiger partial charge in [-0.1, -0.05) is 31.2 Å². The molecular weight excluding hydrogens is 336 g/mol. The molecular formula is C23H25N2O2+. The van der Waals surface area contributed by atoms with E-state index in [1.54, 1.807) is 7.11 Å². The van der Waals surface area contributed by atoms with Crippen molar-refractivity contribution in [1.29, 1.82) is 0 Å². The van der Waals surface area contributed by atoms with E-state index in [2.05, 4.69) is 16.8 Å². The van der Waals surface area contributed by atoms with Gasteiger partial charge in [-0.05, 0) is 37.0 Å². The van der Waals surface area contributed by atoms with Gasteiger partial charge in [-0.25, -0.2) is 4.98 Å². The fourth-order valence-electron chi connectivity index (χ4n) is 3.84. The fraction of sp³-hybridized carbons (Fsp3) is 0.304. The second-order valence-corrected chi connectivity index (χ2v) is 7.04. The van der Waals surface area contributed by atoms with E-state index < -0.39 is 0 Å². The molecule has 1 aromatic heterocycles. The van der Waals surface area contributed by atoms with E-state index in [1.165, 1.54) is 5.56 Å². The standard InChI is InChI=1S/C23H24N2O2/c1-3-16-6-8-17(9-7-16)23(26)20-15-24-21-11-10-18(27-2)14-19(21)22(20)25-12-4-5-13-25/h6-11,14-15H,3-5,12-13H2,1-2H3/p+1. The third kappa shape index (κ3) is 3.27. The predicted molar refractivity (Wildman–Crippen MR) is 108 cm³/mol. The van der Waals surface area contributed by atoms with Crippen molar-refractivity contribution >= 4 is 22.4 Å². The molecule has 138 valence electrons. The number of anilines is 1. The molecule has 0 radical (unpaired) electrons. The van der Waals surface area contributed by atoms with E-state index in [-0.39, 0.29) is 5.78 Å².